The summed E-state index contributed by atoms with van der Waals surface area (Å²) in [7, 11) is 0. The lowest BCUT2D eigenvalue weighted by Crippen LogP contribution is -2.54. The highest BCUT2D eigenvalue weighted by Crippen LogP contribution is 2.41. The Hall–Kier alpha value is -5.87. The third-order valence-corrected chi connectivity index (χ3v) is 12.4. The van der Waals surface area contributed by atoms with Gasteiger partial charge in [-0.1, -0.05) is 96.0 Å². The number of rotatable bonds is 14. The maximum absolute atomic E-state index is 14.2. The molecule has 3 heterocycles. The normalized spacial score (nSPS) is 16.3. The number of aromatic nitrogens is 1. The maximum Gasteiger partial charge on any atom is 0.326 e. The van der Waals surface area contributed by atoms with Crippen molar-refractivity contribution in [3.8, 4) is 28.4 Å². The molecule has 0 bridgehead atoms. The third-order valence-electron chi connectivity index (χ3n) is 11.6. The molecule has 8 rings (SSSR count). The van der Waals surface area contributed by atoms with Crippen molar-refractivity contribution in [1.29, 1.82) is 0 Å². The summed E-state index contributed by atoms with van der Waals surface area (Å²) in [6.07, 6.45) is 3.71. The van der Waals surface area contributed by atoms with Gasteiger partial charge in [0.25, 0.3) is 0 Å². The molecule has 312 valence electrons. The second-order valence-corrected chi connectivity index (χ2v) is 16.6. The van der Waals surface area contributed by atoms with Crippen molar-refractivity contribution >= 4 is 35.1 Å². The van der Waals surface area contributed by atoms with Crippen LogP contribution in [0.25, 0.3) is 11.1 Å². The number of benzene rings is 5. The van der Waals surface area contributed by atoms with E-state index in [0.717, 1.165) is 63.0 Å². The van der Waals surface area contributed by atoms with E-state index in [4.69, 9.17) is 37.4 Å². The molecule has 2 aliphatic heterocycles. The number of carbonyl (C=O) groups excluding carboxylic acids is 1. The van der Waals surface area contributed by atoms with E-state index in [0.29, 0.717) is 60.0 Å². The van der Waals surface area contributed by atoms with Gasteiger partial charge >= 0.3 is 5.97 Å². The number of ether oxygens (including phenoxy) is 3. The van der Waals surface area contributed by atoms with Gasteiger partial charge in [-0.15, -0.1) is 0 Å². The molecule has 1 amide bonds. The smallest absolute Gasteiger partial charge is 0.326 e. The molecule has 0 saturated carbocycles. The Kier molecular flexibility index (Phi) is 12.9. The molecule has 2 N–H and O–H groups in total. The van der Waals surface area contributed by atoms with Crippen molar-refractivity contribution in [3.05, 3.63) is 176 Å². The van der Waals surface area contributed by atoms with Crippen LogP contribution in [0.4, 0.5) is 0 Å². The molecular formula is C50H47Cl2N3O6. The van der Waals surface area contributed by atoms with Crippen LogP contribution in [0.15, 0.2) is 121 Å². The standard InChI is InChI=1S/C50H47Cl2N3O6/c1-31-32(2)53-21-20-41(31)36-13-10-34(11-14-36)24-44(50(57)58)54-49(56)45-25-38-26-46-47(27-39(38)28-55(45)22-6-9-33-7-4-3-5-8-33)61-48(30-60-46)37-15-17-40(18-16-37)59-29-35-12-19-42(51)43(52)23-35/h3-5,7-8,10-21,23,26-27,44-45,48H,6,9,22,24-25,28-30H2,1-2H3,(H,54,56)(H,57,58)/t44-,45-,48+/m0/s1. The lowest BCUT2D eigenvalue weighted by atomic mass is 9.91. The predicted molar refractivity (Wildman–Crippen MR) is 238 cm³/mol. The van der Waals surface area contributed by atoms with Gasteiger partial charge in [-0.2, -0.15) is 0 Å². The predicted octanol–water partition coefficient (Wildman–Crippen LogP) is 9.94. The fourth-order valence-electron chi connectivity index (χ4n) is 8.05. The number of amides is 1. The van der Waals surface area contributed by atoms with Gasteiger partial charge in [-0.3, -0.25) is 14.7 Å². The summed E-state index contributed by atoms with van der Waals surface area (Å²) in [4.78, 5) is 33.4. The lowest BCUT2D eigenvalue weighted by Gasteiger charge is -2.37. The minimum absolute atomic E-state index is 0.154. The van der Waals surface area contributed by atoms with Crippen LogP contribution in [-0.2, 0) is 42.0 Å². The fourth-order valence-corrected chi connectivity index (χ4v) is 8.37. The first kappa shape index (κ1) is 41.8. The van der Waals surface area contributed by atoms with E-state index in [-0.39, 0.29) is 18.4 Å². The minimum atomic E-state index is -1.10. The summed E-state index contributed by atoms with van der Waals surface area (Å²) >= 11 is 12.2. The number of aryl methyl sites for hydroxylation is 2. The monoisotopic (exact) mass is 855 g/mol. The number of hydrogen-bond acceptors (Lipinski definition) is 7. The highest BCUT2D eigenvalue weighted by molar-refractivity contribution is 6.42. The van der Waals surface area contributed by atoms with Gasteiger partial charge < -0.3 is 24.6 Å². The lowest BCUT2D eigenvalue weighted by molar-refractivity contribution is -0.142. The summed E-state index contributed by atoms with van der Waals surface area (Å²) in [5, 5.41) is 14.2. The van der Waals surface area contributed by atoms with Crippen molar-refractivity contribution in [2.45, 2.75) is 70.9 Å². The van der Waals surface area contributed by atoms with Crippen molar-refractivity contribution < 1.29 is 28.9 Å². The topological polar surface area (TPSA) is 110 Å². The SMILES string of the molecule is Cc1nccc(-c2ccc(C[C@H](NC(=O)[C@@H]3Cc4cc5c(cc4CN3CCCc3ccccc3)O[C@@H](c3ccc(OCc4ccc(Cl)c(Cl)c4)cc3)CO5)C(=O)O)cc2)c1C. The van der Waals surface area contributed by atoms with Crippen molar-refractivity contribution in [2.24, 2.45) is 0 Å². The third kappa shape index (κ3) is 10.0. The number of hydrogen-bond donors (Lipinski definition) is 2. The van der Waals surface area contributed by atoms with Gasteiger partial charge in [0, 0.05) is 24.9 Å². The van der Waals surface area contributed by atoms with Crippen molar-refractivity contribution in [3.63, 3.8) is 0 Å². The molecule has 0 spiro atoms. The number of nitrogens with one attached hydrogen (secondary N) is 1. The highest BCUT2D eigenvalue weighted by Gasteiger charge is 2.35. The van der Waals surface area contributed by atoms with E-state index in [9.17, 15) is 14.7 Å². The molecule has 6 aromatic rings. The highest BCUT2D eigenvalue weighted by atomic mass is 35.5. The molecule has 61 heavy (non-hydrogen) atoms. The van der Waals surface area contributed by atoms with Gasteiger partial charge in [0.05, 0.1) is 16.1 Å². The van der Waals surface area contributed by atoms with Gasteiger partial charge in [-0.25, -0.2) is 4.79 Å². The molecule has 1 aromatic heterocycles. The zero-order valence-corrected chi connectivity index (χ0v) is 35.6. The molecule has 0 unspecified atom stereocenters. The average molecular weight is 857 g/mol. The van der Waals surface area contributed by atoms with E-state index >= 15 is 0 Å². The molecule has 2 aliphatic rings. The Balaban J connectivity index is 0.956. The number of nitrogens with zero attached hydrogens (tertiary/aromatic N) is 2. The summed E-state index contributed by atoms with van der Waals surface area (Å²) in [6, 6.07) is 35.6. The number of carboxylic acids is 1. The largest absolute Gasteiger partial charge is 0.489 e. The van der Waals surface area contributed by atoms with Crippen LogP contribution in [-0.4, -0.2) is 52.1 Å². The Morgan fingerprint density at radius 3 is 2.38 bits per heavy atom. The zero-order valence-electron chi connectivity index (χ0n) is 34.1. The number of aliphatic carboxylic acids is 1. The molecule has 11 heteroatoms. The number of carboxylic acid groups (broad SMARTS) is 1. The Bertz CT molecular complexity index is 2520. The van der Waals surface area contributed by atoms with Crippen LogP contribution in [0.3, 0.4) is 0 Å². The zero-order chi connectivity index (χ0) is 42.5. The van der Waals surface area contributed by atoms with E-state index < -0.39 is 18.1 Å². The van der Waals surface area contributed by atoms with Gasteiger partial charge in [0.2, 0.25) is 5.91 Å². The van der Waals surface area contributed by atoms with Crippen molar-refractivity contribution in [2.75, 3.05) is 13.2 Å². The van der Waals surface area contributed by atoms with Crippen LogP contribution in [0.5, 0.6) is 17.2 Å². The molecule has 9 nitrogen and oxygen atoms in total. The summed E-state index contributed by atoms with van der Waals surface area (Å²) in [5.74, 6) is 0.592. The summed E-state index contributed by atoms with van der Waals surface area (Å²) < 4.78 is 18.8. The summed E-state index contributed by atoms with van der Waals surface area (Å²) in [5.41, 5.74) is 10.1. The van der Waals surface area contributed by atoms with Gasteiger partial charge in [0.15, 0.2) is 17.6 Å². The summed E-state index contributed by atoms with van der Waals surface area (Å²) in [6.45, 7) is 5.84. The first-order valence-corrected chi connectivity index (χ1v) is 21.3. The number of carbonyl (C=O) groups is 2. The average Bonchev–Trinajstić information content (AvgIpc) is 3.27. The van der Waals surface area contributed by atoms with Crippen LogP contribution in [0, 0.1) is 13.8 Å². The van der Waals surface area contributed by atoms with Crippen LogP contribution >= 0.6 is 23.2 Å². The van der Waals surface area contributed by atoms with E-state index in [2.05, 4.69) is 27.3 Å². The molecule has 0 saturated heterocycles. The number of pyridine rings is 1. The van der Waals surface area contributed by atoms with Crippen molar-refractivity contribution in [1.82, 2.24) is 15.2 Å². The van der Waals surface area contributed by atoms with Crippen LogP contribution < -0.4 is 19.5 Å². The number of fused-ring (bicyclic) bond motifs is 2. The van der Waals surface area contributed by atoms with Crippen LogP contribution in [0.1, 0.15) is 57.2 Å². The Labute approximate surface area is 366 Å². The van der Waals surface area contributed by atoms with Crippen LogP contribution in [0.2, 0.25) is 10.0 Å². The quantitative estimate of drug-likeness (QED) is 0.112. The van der Waals surface area contributed by atoms with E-state index in [1.165, 1.54) is 5.56 Å². The second-order valence-electron chi connectivity index (χ2n) is 15.7. The Morgan fingerprint density at radius 1 is 0.869 bits per heavy atom. The van der Waals surface area contributed by atoms with Gasteiger partial charge in [-0.05, 0) is 132 Å². The minimum Gasteiger partial charge on any atom is -0.489 e. The first-order valence-electron chi connectivity index (χ1n) is 20.5. The van der Waals surface area contributed by atoms with E-state index in [1.54, 1.807) is 18.3 Å². The van der Waals surface area contributed by atoms with E-state index in [1.807, 2.05) is 105 Å². The molecule has 0 radical (unpaired) electrons. The Morgan fingerprint density at radius 2 is 1.62 bits per heavy atom. The van der Waals surface area contributed by atoms with Gasteiger partial charge in [0.1, 0.15) is 25.0 Å². The molecule has 3 atom stereocenters. The first-order chi connectivity index (χ1) is 29.6. The molecule has 0 fully saturated rings. The maximum atomic E-state index is 14.2. The molecule has 5 aromatic carbocycles. The molecular weight excluding hydrogens is 809 g/mol. The number of halogens is 2. The molecule has 0 aliphatic carbocycles. The second kappa shape index (κ2) is 18.8. The fraction of sp³-hybridized carbons (Fsp3) is 0.260.